The zero-order valence-electron chi connectivity index (χ0n) is 13.7. The number of carbonyl (C=O) groups excluding carboxylic acids is 1. The summed E-state index contributed by atoms with van der Waals surface area (Å²) in [6.45, 7) is 0. The molecule has 0 spiro atoms. The Balaban J connectivity index is 0.000000202. The molecular weight excluding hydrogens is 388 g/mol. The highest BCUT2D eigenvalue weighted by Crippen LogP contribution is 2.18. The van der Waals surface area contributed by atoms with Gasteiger partial charge in [-0.1, -0.05) is 7.43 Å². The molecule has 10 nitrogen and oxygen atoms in total. The maximum absolute atomic E-state index is 12.9. The van der Waals surface area contributed by atoms with E-state index in [4.69, 9.17) is 10.6 Å². The van der Waals surface area contributed by atoms with Gasteiger partial charge in [0.1, 0.15) is 22.9 Å². The number of amides is 1. The lowest BCUT2D eigenvalue weighted by atomic mass is 10.2. The van der Waals surface area contributed by atoms with E-state index in [2.05, 4.69) is 30.0 Å². The molecule has 0 aromatic carbocycles. The van der Waals surface area contributed by atoms with Crippen LogP contribution in [0.2, 0.25) is 0 Å². The van der Waals surface area contributed by atoms with Gasteiger partial charge in [-0.05, 0) is 22.8 Å². The van der Waals surface area contributed by atoms with Crippen molar-refractivity contribution in [3.63, 3.8) is 0 Å². The zero-order valence-corrected chi connectivity index (χ0v) is 13.7. The lowest BCUT2D eigenvalue weighted by molar-refractivity contribution is 0.0699. The van der Waals surface area contributed by atoms with Gasteiger partial charge in [0, 0.05) is 28.1 Å². The highest BCUT2D eigenvalue weighted by Gasteiger charge is 2.12. The van der Waals surface area contributed by atoms with E-state index in [0.29, 0.717) is 16.7 Å². The lowest BCUT2D eigenvalue weighted by Gasteiger charge is -1.91. The largest absolute Gasteiger partial charge is 0.478 e. The summed E-state index contributed by atoms with van der Waals surface area (Å²) >= 11 is 0. The van der Waals surface area contributed by atoms with E-state index in [1.807, 2.05) is 0 Å². The molecule has 0 atom stereocenters. The number of carboxylic acids is 1. The third-order valence-corrected chi connectivity index (χ3v) is 3.59. The van der Waals surface area contributed by atoms with E-state index < -0.39 is 23.5 Å². The van der Waals surface area contributed by atoms with Gasteiger partial charge >= 0.3 is 5.97 Å². The highest BCUT2D eigenvalue weighted by molar-refractivity contribution is 6.06. The van der Waals surface area contributed by atoms with E-state index >= 15 is 0 Å². The second kappa shape index (κ2) is 8.59. The number of nitrogens with zero attached hydrogens (tertiary/aromatic N) is 5. The minimum absolute atomic E-state index is 0. The van der Waals surface area contributed by atoms with Crippen molar-refractivity contribution in [3.8, 4) is 0 Å². The van der Waals surface area contributed by atoms with E-state index in [1.165, 1.54) is 12.4 Å². The Morgan fingerprint density at radius 2 is 1.48 bits per heavy atom. The number of carbonyl (C=O) groups is 2. The summed E-state index contributed by atoms with van der Waals surface area (Å²) in [5.74, 6) is -2.97. The summed E-state index contributed by atoms with van der Waals surface area (Å²) < 4.78 is 25.5. The smallest absolute Gasteiger partial charge is 0.337 e. The van der Waals surface area contributed by atoms with Crippen LogP contribution in [0.1, 0.15) is 28.1 Å². The van der Waals surface area contributed by atoms with Crippen LogP contribution in [0, 0.1) is 11.6 Å². The van der Waals surface area contributed by atoms with Crippen molar-refractivity contribution in [2.75, 3.05) is 0 Å². The number of pyridine rings is 2. The first-order valence-electron chi connectivity index (χ1n) is 7.48. The summed E-state index contributed by atoms with van der Waals surface area (Å²) in [4.78, 5) is 37.0. The van der Waals surface area contributed by atoms with Crippen LogP contribution in [-0.4, -0.2) is 36.9 Å². The quantitative estimate of drug-likeness (QED) is 0.260. The zero-order chi connectivity index (χ0) is 20.3. The standard InChI is InChI=1S/C8H4FN5O.C8H5FN2O2.CH4/c9-4-1-5-6(8(15)13-14-10)3-12-7(5)11-2-4;9-4-1-5-6(8(12)13)3-11-7(5)10-2-4;/h1-3H,(H,11,12);1-3H,(H,10,11)(H,12,13);1H4. The number of aromatic carboxylic acids is 1. The number of H-pyrrole nitrogens is 2. The van der Waals surface area contributed by atoms with Gasteiger partial charge in [0.05, 0.1) is 23.5 Å². The molecule has 0 unspecified atom stereocenters. The van der Waals surface area contributed by atoms with E-state index in [1.54, 1.807) is 0 Å². The molecule has 0 aliphatic heterocycles. The Labute approximate surface area is 160 Å². The number of nitrogens with one attached hydrogen (secondary N) is 2. The van der Waals surface area contributed by atoms with Gasteiger partial charge in [-0.2, -0.15) is 0 Å². The second-order valence-corrected chi connectivity index (χ2v) is 5.30. The van der Waals surface area contributed by atoms with Crippen LogP contribution >= 0.6 is 0 Å². The molecule has 4 heterocycles. The third kappa shape index (κ3) is 4.34. The molecule has 0 aliphatic carbocycles. The minimum atomic E-state index is -1.10. The molecule has 148 valence electrons. The van der Waals surface area contributed by atoms with Crippen molar-refractivity contribution < 1.29 is 23.5 Å². The van der Waals surface area contributed by atoms with Crippen LogP contribution in [0.15, 0.2) is 42.0 Å². The van der Waals surface area contributed by atoms with Gasteiger partial charge < -0.3 is 15.1 Å². The molecule has 0 radical (unpaired) electrons. The SMILES string of the molecule is C.O=C(O)c1c[nH]c2ncc(F)cc12.[N-]=[N+]=NC(=O)c1c[nH]c2ncc(F)cc12. The average molecular weight is 401 g/mol. The summed E-state index contributed by atoms with van der Waals surface area (Å²) in [5, 5.41) is 12.2. The predicted molar refractivity (Wildman–Crippen MR) is 99.3 cm³/mol. The van der Waals surface area contributed by atoms with Gasteiger partial charge in [-0.25, -0.2) is 23.5 Å². The molecular formula is C17H13F2N7O3. The van der Waals surface area contributed by atoms with Crippen molar-refractivity contribution in [1.82, 2.24) is 19.9 Å². The van der Waals surface area contributed by atoms with Crippen molar-refractivity contribution in [3.05, 3.63) is 70.1 Å². The summed E-state index contributed by atoms with van der Waals surface area (Å²) in [6.07, 6.45) is 4.68. The molecule has 0 fully saturated rings. The molecule has 0 saturated carbocycles. The number of aromatic nitrogens is 4. The van der Waals surface area contributed by atoms with Gasteiger partial charge in [-0.3, -0.25) is 4.79 Å². The van der Waals surface area contributed by atoms with Crippen LogP contribution in [0.3, 0.4) is 0 Å². The Morgan fingerprint density at radius 1 is 1.00 bits per heavy atom. The van der Waals surface area contributed by atoms with Crippen LogP contribution in [0.5, 0.6) is 0 Å². The number of halogens is 2. The molecule has 4 rings (SSSR count). The van der Waals surface area contributed by atoms with Crippen molar-refractivity contribution in [2.24, 2.45) is 5.11 Å². The Bertz CT molecular complexity index is 1260. The monoisotopic (exact) mass is 401 g/mol. The number of hydrogen-bond donors (Lipinski definition) is 3. The predicted octanol–water partition coefficient (Wildman–Crippen LogP) is 4.19. The number of azide groups is 1. The van der Waals surface area contributed by atoms with Gasteiger partial charge in [-0.15, -0.1) is 0 Å². The van der Waals surface area contributed by atoms with Crippen molar-refractivity contribution >= 4 is 33.9 Å². The normalized spacial score (nSPS) is 9.86. The highest BCUT2D eigenvalue weighted by atomic mass is 19.1. The Hall–Kier alpha value is -4.31. The fourth-order valence-electron chi connectivity index (χ4n) is 2.40. The minimum Gasteiger partial charge on any atom is -0.478 e. The van der Waals surface area contributed by atoms with E-state index in [-0.39, 0.29) is 23.9 Å². The topological polar surface area (TPSA) is 160 Å². The number of fused-ring (bicyclic) bond motifs is 2. The van der Waals surface area contributed by atoms with Crippen LogP contribution in [0.25, 0.3) is 32.5 Å². The van der Waals surface area contributed by atoms with E-state index in [9.17, 15) is 18.4 Å². The number of aromatic amines is 2. The summed E-state index contributed by atoms with van der Waals surface area (Å²) in [5.41, 5.74) is 8.98. The number of hydrogen-bond acceptors (Lipinski definition) is 4. The fourth-order valence-corrected chi connectivity index (χ4v) is 2.40. The Kier molecular flexibility index (Phi) is 6.22. The van der Waals surface area contributed by atoms with Gasteiger partial charge in [0.15, 0.2) is 0 Å². The number of rotatable bonds is 2. The molecule has 1 amide bonds. The molecule has 4 aromatic rings. The average Bonchev–Trinajstić information content (AvgIpc) is 3.25. The second-order valence-electron chi connectivity index (χ2n) is 5.30. The molecule has 3 N–H and O–H groups in total. The molecule has 12 heteroatoms. The first-order valence-corrected chi connectivity index (χ1v) is 7.48. The van der Waals surface area contributed by atoms with Gasteiger partial charge in [0.2, 0.25) is 0 Å². The maximum atomic E-state index is 12.9. The lowest BCUT2D eigenvalue weighted by Crippen LogP contribution is -1.93. The van der Waals surface area contributed by atoms with Crippen molar-refractivity contribution in [2.45, 2.75) is 7.43 Å². The summed E-state index contributed by atoms with van der Waals surface area (Å²) in [7, 11) is 0. The van der Waals surface area contributed by atoms with Crippen LogP contribution in [-0.2, 0) is 0 Å². The molecule has 4 aromatic heterocycles. The third-order valence-electron chi connectivity index (χ3n) is 3.59. The molecule has 0 bridgehead atoms. The fraction of sp³-hybridized carbons (Fsp3) is 0.0588. The molecule has 0 saturated heterocycles. The first-order chi connectivity index (χ1) is 13.4. The number of carboxylic acid groups (broad SMARTS) is 1. The van der Waals surface area contributed by atoms with Crippen LogP contribution < -0.4 is 0 Å². The molecule has 0 aliphatic rings. The van der Waals surface area contributed by atoms with Gasteiger partial charge in [0.25, 0.3) is 5.91 Å². The maximum Gasteiger partial charge on any atom is 0.337 e. The van der Waals surface area contributed by atoms with Crippen LogP contribution in [0.4, 0.5) is 8.78 Å². The summed E-state index contributed by atoms with van der Waals surface area (Å²) in [6, 6.07) is 2.29. The first kappa shape index (κ1) is 21.0. The Morgan fingerprint density at radius 3 is 1.97 bits per heavy atom. The van der Waals surface area contributed by atoms with E-state index in [0.717, 1.165) is 24.5 Å². The van der Waals surface area contributed by atoms with Crippen molar-refractivity contribution in [1.29, 1.82) is 0 Å². The molecule has 29 heavy (non-hydrogen) atoms.